The molecule has 0 aliphatic carbocycles. The highest BCUT2D eigenvalue weighted by atomic mass is 79.9. The molecule has 1 N–H and O–H groups in total. The van der Waals surface area contributed by atoms with Crippen LogP contribution in [-0.2, 0) is 9.59 Å². The summed E-state index contributed by atoms with van der Waals surface area (Å²) in [7, 11) is 0. The predicted octanol–water partition coefficient (Wildman–Crippen LogP) is 4.56. The zero-order valence-corrected chi connectivity index (χ0v) is 18.2. The van der Waals surface area contributed by atoms with Gasteiger partial charge in [0, 0.05) is 16.5 Å². The largest absolute Gasteiger partial charge is 0.478 e. The molecule has 0 saturated carbocycles. The number of nitriles is 1. The number of nitrogens with one attached hydrogen (secondary N) is 1. The molecule has 0 spiro atoms. The SMILES string of the molecule is CCC(=O)Oc1ccc(N=C2NC(=O)/C(=C/c3cc(Br)ccc3OCC#N)S2)cc1. The number of rotatable bonds is 6. The van der Waals surface area contributed by atoms with E-state index in [4.69, 9.17) is 14.7 Å². The number of nitrogens with zero attached hydrogens (tertiary/aromatic N) is 2. The van der Waals surface area contributed by atoms with Crippen LogP contribution >= 0.6 is 27.7 Å². The highest BCUT2D eigenvalue weighted by Gasteiger charge is 2.24. The second-order valence-corrected chi connectivity index (χ2v) is 7.88. The first-order valence-electron chi connectivity index (χ1n) is 8.88. The third kappa shape index (κ3) is 5.72. The van der Waals surface area contributed by atoms with Gasteiger partial charge < -0.3 is 14.8 Å². The van der Waals surface area contributed by atoms with Gasteiger partial charge in [0.05, 0.1) is 10.6 Å². The van der Waals surface area contributed by atoms with Gasteiger partial charge in [-0.15, -0.1) is 0 Å². The van der Waals surface area contributed by atoms with Gasteiger partial charge in [-0.05, 0) is 60.3 Å². The highest BCUT2D eigenvalue weighted by molar-refractivity contribution is 9.10. The summed E-state index contributed by atoms with van der Waals surface area (Å²) < 4.78 is 11.4. The monoisotopic (exact) mass is 485 g/mol. The van der Waals surface area contributed by atoms with Crippen LogP contribution in [-0.4, -0.2) is 23.7 Å². The van der Waals surface area contributed by atoms with Crippen molar-refractivity contribution in [3.8, 4) is 17.6 Å². The fourth-order valence-corrected chi connectivity index (χ4v) is 3.62. The number of thioether (sulfide) groups is 1. The number of halogens is 1. The molecule has 1 heterocycles. The number of hydrogen-bond donors (Lipinski definition) is 1. The molecule has 3 rings (SSSR count). The van der Waals surface area contributed by atoms with Crippen LogP contribution < -0.4 is 14.8 Å². The van der Waals surface area contributed by atoms with E-state index in [-0.39, 0.29) is 18.5 Å². The van der Waals surface area contributed by atoms with Crippen molar-refractivity contribution in [2.75, 3.05) is 6.61 Å². The first-order valence-corrected chi connectivity index (χ1v) is 10.5. The predicted molar refractivity (Wildman–Crippen MR) is 118 cm³/mol. The van der Waals surface area contributed by atoms with E-state index in [0.29, 0.717) is 39.2 Å². The molecule has 1 saturated heterocycles. The first kappa shape index (κ1) is 21.6. The lowest BCUT2D eigenvalue weighted by Gasteiger charge is -2.07. The van der Waals surface area contributed by atoms with Crippen LogP contribution in [0.1, 0.15) is 18.9 Å². The number of ether oxygens (including phenoxy) is 2. The molecule has 2 aromatic carbocycles. The highest BCUT2D eigenvalue weighted by Crippen LogP contribution is 2.32. The molecule has 9 heteroatoms. The normalized spacial score (nSPS) is 15.7. The summed E-state index contributed by atoms with van der Waals surface area (Å²) in [5, 5.41) is 11.9. The maximum atomic E-state index is 12.4. The lowest BCUT2D eigenvalue weighted by molar-refractivity contribution is -0.134. The Morgan fingerprint density at radius 2 is 2.07 bits per heavy atom. The van der Waals surface area contributed by atoms with Crippen LogP contribution in [0.5, 0.6) is 11.5 Å². The van der Waals surface area contributed by atoms with E-state index < -0.39 is 0 Å². The Morgan fingerprint density at radius 3 is 2.77 bits per heavy atom. The van der Waals surface area contributed by atoms with Gasteiger partial charge in [0.15, 0.2) is 11.8 Å². The third-order valence-corrected chi connectivity index (χ3v) is 5.19. The smallest absolute Gasteiger partial charge is 0.310 e. The van der Waals surface area contributed by atoms with Gasteiger partial charge in [-0.25, -0.2) is 4.99 Å². The molecule has 1 aliphatic rings. The van der Waals surface area contributed by atoms with Gasteiger partial charge in [-0.2, -0.15) is 5.26 Å². The van der Waals surface area contributed by atoms with Crippen LogP contribution in [0.15, 0.2) is 56.8 Å². The summed E-state index contributed by atoms with van der Waals surface area (Å²) in [4.78, 5) is 28.5. The quantitative estimate of drug-likeness (QED) is 0.365. The number of esters is 1. The van der Waals surface area contributed by atoms with Crippen LogP contribution in [0.25, 0.3) is 6.08 Å². The summed E-state index contributed by atoms with van der Waals surface area (Å²) in [5.74, 6) is 0.351. The molecule has 1 amide bonds. The zero-order valence-electron chi connectivity index (χ0n) is 15.8. The fourth-order valence-electron chi connectivity index (χ4n) is 2.40. The second kappa shape index (κ2) is 10.1. The number of aliphatic imine (C=N–C) groups is 1. The van der Waals surface area contributed by atoms with Gasteiger partial charge in [-0.1, -0.05) is 22.9 Å². The Labute approximate surface area is 185 Å². The van der Waals surface area contributed by atoms with Crippen molar-refractivity contribution in [1.82, 2.24) is 5.32 Å². The molecule has 0 atom stereocenters. The van der Waals surface area contributed by atoms with E-state index in [2.05, 4.69) is 26.2 Å². The molecule has 1 aliphatic heterocycles. The number of amidine groups is 1. The number of amides is 1. The summed E-state index contributed by atoms with van der Waals surface area (Å²) in [5.41, 5.74) is 1.27. The number of carbonyl (C=O) groups is 2. The maximum absolute atomic E-state index is 12.4. The van der Waals surface area contributed by atoms with Gasteiger partial charge >= 0.3 is 5.97 Å². The van der Waals surface area contributed by atoms with Crippen LogP contribution in [0.3, 0.4) is 0 Å². The van der Waals surface area contributed by atoms with E-state index in [1.165, 1.54) is 11.8 Å². The molecule has 152 valence electrons. The molecule has 0 radical (unpaired) electrons. The number of benzene rings is 2. The molecule has 30 heavy (non-hydrogen) atoms. The van der Waals surface area contributed by atoms with Crippen molar-refractivity contribution in [1.29, 1.82) is 5.26 Å². The minimum Gasteiger partial charge on any atom is -0.478 e. The fraction of sp³-hybridized carbons (Fsp3) is 0.143. The van der Waals surface area contributed by atoms with Crippen molar-refractivity contribution in [2.45, 2.75) is 13.3 Å². The van der Waals surface area contributed by atoms with Crippen LogP contribution in [0.4, 0.5) is 5.69 Å². The average Bonchev–Trinajstić information content (AvgIpc) is 3.07. The third-order valence-electron chi connectivity index (χ3n) is 3.79. The molecule has 0 bridgehead atoms. The van der Waals surface area contributed by atoms with Crippen LogP contribution in [0.2, 0.25) is 0 Å². The van der Waals surface area contributed by atoms with E-state index >= 15 is 0 Å². The number of carbonyl (C=O) groups excluding carboxylic acids is 2. The molecule has 7 nitrogen and oxygen atoms in total. The van der Waals surface area contributed by atoms with E-state index in [9.17, 15) is 9.59 Å². The van der Waals surface area contributed by atoms with E-state index in [1.54, 1.807) is 55.5 Å². The molecular weight excluding hydrogens is 470 g/mol. The minimum absolute atomic E-state index is 0.0899. The molecule has 2 aromatic rings. The molecule has 0 unspecified atom stereocenters. The summed E-state index contributed by atoms with van der Waals surface area (Å²) in [6.07, 6.45) is 1.98. The summed E-state index contributed by atoms with van der Waals surface area (Å²) in [6.45, 7) is 1.63. The van der Waals surface area contributed by atoms with Crippen molar-refractivity contribution in [3.05, 3.63) is 57.4 Å². The Bertz CT molecular complexity index is 1070. The van der Waals surface area contributed by atoms with Gasteiger partial charge in [-0.3, -0.25) is 9.59 Å². The number of hydrogen-bond acceptors (Lipinski definition) is 7. The maximum Gasteiger partial charge on any atom is 0.310 e. The zero-order chi connectivity index (χ0) is 21.5. The first-order chi connectivity index (χ1) is 14.5. The average molecular weight is 486 g/mol. The second-order valence-electron chi connectivity index (χ2n) is 5.93. The summed E-state index contributed by atoms with van der Waals surface area (Å²) >= 11 is 4.59. The summed E-state index contributed by atoms with van der Waals surface area (Å²) in [6, 6.07) is 13.9. The minimum atomic E-state index is -0.312. The molecule has 0 aromatic heterocycles. The lowest BCUT2D eigenvalue weighted by Crippen LogP contribution is -2.19. The Hall–Kier alpha value is -3.09. The van der Waals surface area contributed by atoms with Gasteiger partial charge in [0.25, 0.3) is 5.91 Å². The lowest BCUT2D eigenvalue weighted by atomic mass is 10.2. The van der Waals surface area contributed by atoms with Gasteiger partial charge in [0.1, 0.15) is 17.6 Å². The van der Waals surface area contributed by atoms with E-state index in [1.807, 2.05) is 6.07 Å². The van der Waals surface area contributed by atoms with Crippen molar-refractivity contribution < 1.29 is 19.1 Å². The molecular formula is C21H16BrN3O4S. The standard InChI is InChI=1S/C21H16BrN3O4S/c1-2-19(26)29-16-6-4-15(5-7-16)24-21-25-20(27)18(30-21)12-13-11-14(22)3-8-17(13)28-10-9-23/h3-8,11-12H,2,10H2,1H3,(H,24,25,27)/b18-12-. The Morgan fingerprint density at radius 1 is 1.30 bits per heavy atom. The van der Waals surface area contributed by atoms with E-state index in [0.717, 1.165) is 4.47 Å². The Balaban J connectivity index is 1.77. The van der Waals surface area contributed by atoms with Crippen molar-refractivity contribution >= 4 is 56.5 Å². The van der Waals surface area contributed by atoms with Crippen molar-refractivity contribution in [2.24, 2.45) is 4.99 Å². The molecule has 1 fully saturated rings. The van der Waals surface area contributed by atoms with Crippen molar-refractivity contribution in [3.63, 3.8) is 0 Å². The van der Waals surface area contributed by atoms with Gasteiger partial charge in [0.2, 0.25) is 0 Å². The Kier molecular flexibility index (Phi) is 7.27. The van der Waals surface area contributed by atoms with Crippen LogP contribution in [0, 0.1) is 11.3 Å². The topological polar surface area (TPSA) is 101 Å².